The molecule has 0 aliphatic carbocycles. The molecule has 3 rings (SSSR count). The number of carboxylic acids is 1. The van der Waals surface area contributed by atoms with Crippen LogP contribution >= 0.6 is 0 Å². The van der Waals surface area contributed by atoms with E-state index in [1.54, 1.807) is 6.92 Å². The van der Waals surface area contributed by atoms with E-state index in [-0.39, 0.29) is 28.1 Å². The van der Waals surface area contributed by atoms with Crippen LogP contribution in [0, 0.1) is 10.1 Å². The van der Waals surface area contributed by atoms with Gasteiger partial charge >= 0.3 is 5.97 Å². The molecule has 9 heteroatoms. The Morgan fingerprint density at radius 2 is 1.89 bits per heavy atom. The maximum absolute atomic E-state index is 12.7. The van der Waals surface area contributed by atoms with Crippen molar-refractivity contribution in [3.63, 3.8) is 0 Å². The largest absolute Gasteiger partial charge is 0.507 e. The van der Waals surface area contributed by atoms with Gasteiger partial charge in [0.15, 0.2) is 0 Å². The summed E-state index contributed by atoms with van der Waals surface area (Å²) in [5.74, 6) is -1.80. The Kier molecular flexibility index (Phi) is 4.43. The average molecular weight is 367 g/mol. The first-order valence-corrected chi connectivity index (χ1v) is 7.70. The van der Waals surface area contributed by atoms with Crippen molar-refractivity contribution in [2.24, 2.45) is 5.10 Å². The number of phenols is 1. The molecule has 1 amide bonds. The Morgan fingerprint density at radius 3 is 2.48 bits per heavy atom. The summed E-state index contributed by atoms with van der Waals surface area (Å²) in [6, 6.07) is 9.10. The van der Waals surface area contributed by atoms with Crippen LogP contribution in [0.2, 0.25) is 0 Å². The number of carbonyl (C=O) groups is 2. The summed E-state index contributed by atoms with van der Waals surface area (Å²) < 4.78 is 0. The van der Waals surface area contributed by atoms with Crippen molar-refractivity contribution in [1.82, 2.24) is 0 Å². The number of aromatic hydroxyl groups is 1. The first-order chi connectivity index (χ1) is 12.8. The zero-order valence-electron chi connectivity index (χ0n) is 14.0. The fraction of sp³-hybridized carbons (Fsp3) is 0.0556. The van der Waals surface area contributed by atoms with Gasteiger partial charge in [-0.1, -0.05) is 0 Å². The number of nitrogens with zero attached hydrogens (tertiary/aromatic N) is 3. The van der Waals surface area contributed by atoms with E-state index in [4.69, 9.17) is 5.11 Å². The summed E-state index contributed by atoms with van der Waals surface area (Å²) in [6.07, 6.45) is 1.33. The monoisotopic (exact) mass is 367 g/mol. The molecule has 0 radical (unpaired) electrons. The summed E-state index contributed by atoms with van der Waals surface area (Å²) in [6.45, 7) is 1.59. The molecule has 0 unspecified atom stereocenters. The number of aromatic carboxylic acids is 1. The molecule has 0 saturated carbocycles. The maximum Gasteiger partial charge on any atom is 0.335 e. The molecule has 0 spiro atoms. The van der Waals surface area contributed by atoms with Crippen LogP contribution in [-0.4, -0.2) is 32.7 Å². The van der Waals surface area contributed by atoms with Crippen molar-refractivity contribution < 1.29 is 24.7 Å². The molecule has 0 aromatic heterocycles. The predicted molar refractivity (Wildman–Crippen MR) is 96.7 cm³/mol. The van der Waals surface area contributed by atoms with E-state index in [0.717, 1.165) is 17.1 Å². The third-order valence-corrected chi connectivity index (χ3v) is 3.94. The quantitative estimate of drug-likeness (QED) is 0.485. The Hall–Kier alpha value is -4.01. The van der Waals surface area contributed by atoms with E-state index in [1.807, 2.05) is 0 Å². The summed E-state index contributed by atoms with van der Waals surface area (Å²) in [5, 5.41) is 35.0. The van der Waals surface area contributed by atoms with Crippen molar-refractivity contribution in [2.75, 3.05) is 5.01 Å². The normalized spacial score (nSPS) is 15.1. The third kappa shape index (κ3) is 3.38. The number of anilines is 1. The number of phenolic OH excluding ortho intramolecular Hbond substituents is 1. The van der Waals surface area contributed by atoms with E-state index in [1.165, 1.54) is 36.4 Å². The zero-order chi connectivity index (χ0) is 19.7. The topological polar surface area (TPSA) is 133 Å². The summed E-state index contributed by atoms with van der Waals surface area (Å²) in [7, 11) is 0. The lowest BCUT2D eigenvalue weighted by Gasteiger charge is -2.11. The number of hydrazone groups is 1. The van der Waals surface area contributed by atoms with E-state index >= 15 is 0 Å². The molecular weight excluding hydrogens is 354 g/mol. The third-order valence-electron chi connectivity index (χ3n) is 3.94. The highest BCUT2D eigenvalue weighted by atomic mass is 16.6. The lowest BCUT2D eigenvalue weighted by atomic mass is 10.1. The molecule has 0 bridgehead atoms. The molecule has 27 heavy (non-hydrogen) atoms. The van der Waals surface area contributed by atoms with E-state index < -0.39 is 16.8 Å². The number of carbonyl (C=O) groups excluding carboxylic acids is 1. The van der Waals surface area contributed by atoms with Gasteiger partial charge in [-0.15, -0.1) is 0 Å². The summed E-state index contributed by atoms with van der Waals surface area (Å²) in [5.41, 5.74) is 0.853. The molecule has 2 aromatic rings. The van der Waals surface area contributed by atoms with Crippen molar-refractivity contribution in [3.8, 4) is 5.75 Å². The second-order valence-electron chi connectivity index (χ2n) is 5.71. The van der Waals surface area contributed by atoms with Gasteiger partial charge in [-0.05, 0) is 43.3 Å². The molecule has 0 fully saturated rings. The molecule has 0 atom stereocenters. The molecule has 0 saturated heterocycles. The standard InChI is InChI=1S/C18H13N3O6/c1-10-15(9-12-8-14(21(26)27)6-7-16(12)22)17(23)20(19-10)13-4-2-11(3-5-13)18(24)25/h2-9,22H,1H3,(H,24,25). The van der Waals surface area contributed by atoms with Crippen LogP contribution in [0.5, 0.6) is 5.75 Å². The van der Waals surface area contributed by atoms with Crippen LogP contribution in [0.1, 0.15) is 22.8 Å². The smallest absolute Gasteiger partial charge is 0.335 e. The molecule has 9 nitrogen and oxygen atoms in total. The fourth-order valence-corrected chi connectivity index (χ4v) is 2.53. The minimum Gasteiger partial charge on any atom is -0.507 e. The highest BCUT2D eigenvalue weighted by molar-refractivity contribution is 6.32. The Bertz CT molecular complexity index is 1020. The average Bonchev–Trinajstić information content (AvgIpc) is 2.91. The highest BCUT2D eigenvalue weighted by Gasteiger charge is 2.29. The second kappa shape index (κ2) is 6.71. The van der Waals surface area contributed by atoms with Gasteiger partial charge in [0.25, 0.3) is 11.6 Å². The SMILES string of the molecule is CC1=NN(c2ccc(C(=O)O)cc2)C(=O)C1=Cc1cc([N+](=O)[O-])ccc1O. The Labute approximate surface area is 152 Å². The maximum atomic E-state index is 12.7. The van der Waals surface area contributed by atoms with E-state index in [2.05, 4.69) is 5.10 Å². The fourth-order valence-electron chi connectivity index (χ4n) is 2.53. The zero-order valence-corrected chi connectivity index (χ0v) is 14.0. The van der Waals surface area contributed by atoms with Crippen LogP contribution in [-0.2, 0) is 4.79 Å². The van der Waals surface area contributed by atoms with Crippen molar-refractivity contribution in [3.05, 3.63) is 69.3 Å². The Morgan fingerprint density at radius 1 is 1.22 bits per heavy atom. The number of nitro benzene ring substituents is 1. The van der Waals surface area contributed by atoms with Gasteiger partial charge in [0, 0.05) is 17.7 Å². The van der Waals surface area contributed by atoms with Gasteiger partial charge in [0.1, 0.15) is 5.75 Å². The Balaban J connectivity index is 1.96. The predicted octanol–water partition coefficient (Wildman–Crippen LogP) is 2.80. The summed E-state index contributed by atoms with van der Waals surface area (Å²) >= 11 is 0. The number of carboxylic acid groups (broad SMARTS) is 1. The van der Waals surface area contributed by atoms with E-state index in [9.17, 15) is 24.8 Å². The van der Waals surface area contributed by atoms with Crippen LogP contribution < -0.4 is 5.01 Å². The molecule has 2 N–H and O–H groups in total. The molecule has 136 valence electrons. The van der Waals surface area contributed by atoms with Crippen LogP contribution in [0.3, 0.4) is 0 Å². The number of amides is 1. The van der Waals surface area contributed by atoms with E-state index in [0.29, 0.717) is 11.4 Å². The lowest BCUT2D eigenvalue weighted by molar-refractivity contribution is -0.384. The number of nitro groups is 1. The van der Waals surface area contributed by atoms with Crippen molar-refractivity contribution in [2.45, 2.75) is 6.92 Å². The number of benzene rings is 2. The van der Waals surface area contributed by atoms with Gasteiger partial charge in [0.2, 0.25) is 0 Å². The van der Waals surface area contributed by atoms with Gasteiger partial charge < -0.3 is 10.2 Å². The van der Waals surface area contributed by atoms with Gasteiger partial charge in [0.05, 0.1) is 27.5 Å². The van der Waals surface area contributed by atoms with Gasteiger partial charge in [-0.3, -0.25) is 14.9 Å². The van der Waals surface area contributed by atoms with Crippen LogP contribution in [0.15, 0.2) is 53.1 Å². The number of rotatable bonds is 4. The van der Waals surface area contributed by atoms with Gasteiger partial charge in [-0.2, -0.15) is 10.1 Å². The van der Waals surface area contributed by atoms with Crippen molar-refractivity contribution >= 4 is 35.0 Å². The van der Waals surface area contributed by atoms with Crippen molar-refractivity contribution in [1.29, 1.82) is 0 Å². The molecular formula is C18H13N3O6. The number of hydrogen-bond donors (Lipinski definition) is 2. The van der Waals surface area contributed by atoms with Crippen LogP contribution in [0.25, 0.3) is 6.08 Å². The first kappa shape index (κ1) is 17.8. The van der Waals surface area contributed by atoms with Crippen LogP contribution in [0.4, 0.5) is 11.4 Å². The summed E-state index contributed by atoms with van der Waals surface area (Å²) in [4.78, 5) is 33.9. The van der Waals surface area contributed by atoms with Gasteiger partial charge in [-0.25, -0.2) is 4.79 Å². The minimum atomic E-state index is -1.09. The highest BCUT2D eigenvalue weighted by Crippen LogP contribution is 2.29. The molecule has 1 heterocycles. The lowest BCUT2D eigenvalue weighted by Crippen LogP contribution is -2.21. The number of non-ortho nitro benzene ring substituents is 1. The number of hydrogen-bond acceptors (Lipinski definition) is 6. The molecule has 2 aromatic carbocycles. The minimum absolute atomic E-state index is 0.0726. The first-order valence-electron chi connectivity index (χ1n) is 7.70. The molecule has 1 aliphatic rings. The second-order valence-corrected chi connectivity index (χ2v) is 5.71. The molecule has 1 aliphatic heterocycles.